The van der Waals surface area contributed by atoms with Gasteiger partial charge in [0.1, 0.15) is 5.82 Å². The van der Waals surface area contributed by atoms with Crippen molar-refractivity contribution in [3.8, 4) is 0 Å². The van der Waals surface area contributed by atoms with E-state index in [-0.39, 0.29) is 5.69 Å². The first kappa shape index (κ1) is 12.6. The maximum Gasteiger partial charge on any atom is 0.311 e. The first-order valence-corrected chi connectivity index (χ1v) is 6.65. The molecule has 0 fully saturated rings. The van der Waals surface area contributed by atoms with Crippen LogP contribution < -0.4 is 5.32 Å². The maximum atomic E-state index is 13.2. The smallest absolute Gasteiger partial charge is 0.311 e. The van der Waals surface area contributed by atoms with Crippen LogP contribution in [0, 0.1) is 15.9 Å². The van der Waals surface area contributed by atoms with Crippen LogP contribution in [0.15, 0.2) is 48.5 Å². The molecule has 0 spiro atoms. The van der Waals surface area contributed by atoms with Crippen LogP contribution in [-0.2, 0) is 0 Å². The zero-order chi connectivity index (χ0) is 14.1. The molecule has 1 heterocycles. The molecule has 0 aliphatic carbocycles. The summed E-state index contributed by atoms with van der Waals surface area (Å²) in [5, 5.41) is 15.2. The molecule has 0 atom stereocenters. The molecule has 1 N–H and O–H groups in total. The lowest BCUT2D eigenvalue weighted by atomic mass is 10.2. The molecule has 100 valence electrons. The number of hydrogen-bond acceptors (Lipinski definition) is 4. The molecule has 0 saturated carbocycles. The second-order valence-corrected chi connectivity index (χ2v) is 5.22. The third kappa shape index (κ3) is 2.21. The number of benzene rings is 2. The van der Waals surface area contributed by atoms with Gasteiger partial charge in [0.25, 0.3) is 0 Å². The Bertz CT molecular complexity index is 801. The van der Waals surface area contributed by atoms with E-state index in [9.17, 15) is 14.5 Å². The highest BCUT2D eigenvalue weighted by Crippen LogP contribution is 2.42. The lowest BCUT2D eigenvalue weighted by Crippen LogP contribution is -1.93. The van der Waals surface area contributed by atoms with Crippen LogP contribution in [0.3, 0.4) is 0 Å². The average molecular weight is 288 g/mol. The van der Waals surface area contributed by atoms with E-state index in [1.165, 1.54) is 23.5 Å². The lowest BCUT2D eigenvalue weighted by molar-refractivity contribution is -0.381. The van der Waals surface area contributed by atoms with Crippen LogP contribution in [0.2, 0.25) is 0 Å². The van der Waals surface area contributed by atoms with Gasteiger partial charge in [-0.25, -0.2) is 4.39 Å². The van der Waals surface area contributed by atoms with Gasteiger partial charge < -0.3 is 5.32 Å². The first-order chi connectivity index (χ1) is 9.65. The number of nitrogens with one attached hydrogen (secondary N) is 1. The van der Waals surface area contributed by atoms with Gasteiger partial charge in [-0.15, -0.1) is 11.3 Å². The second kappa shape index (κ2) is 4.90. The van der Waals surface area contributed by atoms with Crippen LogP contribution in [0.5, 0.6) is 0 Å². The monoisotopic (exact) mass is 288 g/mol. The minimum absolute atomic E-state index is 0.0230. The third-order valence-corrected chi connectivity index (χ3v) is 3.91. The summed E-state index contributed by atoms with van der Waals surface area (Å²) in [7, 11) is 0. The molecular formula is C14H9FN2O2S. The standard InChI is InChI=1S/C14H9FN2O2S/c15-9-4-3-5-10(8-9)16-14-13(17(18)19)11-6-1-2-7-12(11)20-14/h1-8,16H. The Balaban J connectivity index is 2.11. The van der Waals surface area contributed by atoms with Crippen molar-refractivity contribution >= 4 is 37.8 Å². The van der Waals surface area contributed by atoms with Crippen molar-refractivity contribution in [3.63, 3.8) is 0 Å². The molecule has 0 radical (unpaired) electrons. The maximum absolute atomic E-state index is 13.2. The van der Waals surface area contributed by atoms with E-state index in [4.69, 9.17) is 0 Å². The minimum Gasteiger partial charge on any atom is -0.341 e. The van der Waals surface area contributed by atoms with Gasteiger partial charge in [0.2, 0.25) is 0 Å². The average Bonchev–Trinajstić information content (AvgIpc) is 2.76. The molecule has 0 saturated heterocycles. The Kier molecular flexibility index (Phi) is 3.08. The summed E-state index contributed by atoms with van der Waals surface area (Å²) in [5.74, 6) is -0.390. The second-order valence-electron chi connectivity index (χ2n) is 4.17. The van der Waals surface area contributed by atoms with E-state index in [2.05, 4.69) is 5.32 Å². The summed E-state index contributed by atoms with van der Waals surface area (Å²) in [6, 6.07) is 13.0. The van der Waals surface area contributed by atoms with Gasteiger partial charge >= 0.3 is 5.69 Å². The van der Waals surface area contributed by atoms with E-state index in [1.54, 1.807) is 24.3 Å². The van der Waals surface area contributed by atoms with Gasteiger partial charge in [-0.2, -0.15) is 0 Å². The molecule has 0 bridgehead atoms. The normalized spacial score (nSPS) is 10.7. The molecule has 0 aliphatic heterocycles. The molecule has 3 rings (SSSR count). The van der Waals surface area contributed by atoms with Gasteiger partial charge in [-0.05, 0) is 30.3 Å². The van der Waals surface area contributed by atoms with Crippen LogP contribution >= 0.6 is 11.3 Å². The van der Waals surface area contributed by atoms with Gasteiger partial charge in [0.15, 0.2) is 5.00 Å². The quantitative estimate of drug-likeness (QED) is 0.561. The predicted molar refractivity (Wildman–Crippen MR) is 78.2 cm³/mol. The number of halogens is 1. The fourth-order valence-electron chi connectivity index (χ4n) is 2.00. The van der Waals surface area contributed by atoms with Crippen molar-refractivity contribution in [2.75, 3.05) is 5.32 Å². The molecule has 0 aliphatic rings. The summed E-state index contributed by atoms with van der Waals surface area (Å²) in [5.41, 5.74) is 0.509. The van der Waals surface area contributed by atoms with Gasteiger partial charge in [-0.1, -0.05) is 18.2 Å². The molecule has 0 amide bonds. The lowest BCUT2D eigenvalue weighted by Gasteiger charge is -2.03. The van der Waals surface area contributed by atoms with E-state index in [1.807, 2.05) is 12.1 Å². The Morgan fingerprint density at radius 3 is 2.70 bits per heavy atom. The predicted octanol–water partition coefficient (Wildman–Crippen LogP) is 4.69. The molecule has 0 unspecified atom stereocenters. The minimum atomic E-state index is -0.416. The zero-order valence-corrected chi connectivity index (χ0v) is 11.0. The third-order valence-electron chi connectivity index (χ3n) is 2.83. The highest BCUT2D eigenvalue weighted by molar-refractivity contribution is 7.23. The summed E-state index contributed by atoms with van der Waals surface area (Å²) in [6.07, 6.45) is 0. The number of nitro groups is 1. The van der Waals surface area contributed by atoms with Gasteiger partial charge in [0, 0.05) is 10.4 Å². The molecule has 2 aromatic carbocycles. The number of rotatable bonds is 3. The number of thiophene rings is 1. The molecule has 3 aromatic rings. The van der Waals surface area contributed by atoms with Crippen molar-refractivity contribution in [3.05, 3.63) is 64.5 Å². The number of nitrogens with zero attached hydrogens (tertiary/aromatic N) is 1. The number of hydrogen-bond donors (Lipinski definition) is 1. The summed E-state index contributed by atoms with van der Waals surface area (Å²) >= 11 is 1.28. The van der Waals surface area contributed by atoms with E-state index in [0.29, 0.717) is 16.1 Å². The zero-order valence-electron chi connectivity index (χ0n) is 10.2. The fourth-order valence-corrected chi connectivity index (χ4v) is 3.09. The van der Waals surface area contributed by atoms with Crippen molar-refractivity contribution < 1.29 is 9.31 Å². The number of anilines is 2. The van der Waals surface area contributed by atoms with Crippen LogP contribution in [-0.4, -0.2) is 4.92 Å². The van der Waals surface area contributed by atoms with Crippen LogP contribution in [0.1, 0.15) is 0 Å². The SMILES string of the molecule is O=[N+]([O-])c1c(Nc2cccc(F)c2)sc2ccccc12. The molecule has 6 heteroatoms. The van der Waals surface area contributed by atoms with Gasteiger partial charge in [-0.3, -0.25) is 10.1 Å². The van der Waals surface area contributed by atoms with Crippen molar-refractivity contribution in [2.24, 2.45) is 0 Å². The van der Waals surface area contributed by atoms with Crippen LogP contribution in [0.4, 0.5) is 20.8 Å². The molecule has 20 heavy (non-hydrogen) atoms. The highest BCUT2D eigenvalue weighted by Gasteiger charge is 2.22. The van der Waals surface area contributed by atoms with E-state index in [0.717, 1.165) is 4.70 Å². The Morgan fingerprint density at radius 2 is 1.95 bits per heavy atom. The van der Waals surface area contributed by atoms with Crippen LogP contribution in [0.25, 0.3) is 10.1 Å². The molecule has 4 nitrogen and oxygen atoms in total. The Hall–Kier alpha value is -2.47. The summed E-state index contributed by atoms with van der Waals surface area (Å²) < 4.78 is 14.0. The Morgan fingerprint density at radius 1 is 1.15 bits per heavy atom. The van der Waals surface area contributed by atoms with Crippen molar-refractivity contribution in [2.45, 2.75) is 0 Å². The summed E-state index contributed by atoms with van der Waals surface area (Å²) in [4.78, 5) is 10.8. The fraction of sp³-hybridized carbons (Fsp3) is 0. The van der Waals surface area contributed by atoms with E-state index < -0.39 is 10.7 Å². The first-order valence-electron chi connectivity index (χ1n) is 5.83. The van der Waals surface area contributed by atoms with Crippen molar-refractivity contribution in [1.82, 2.24) is 0 Å². The molecule has 1 aromatic heterocycles. The number of fused-ring (bicyclic) bond motifs is 1. The highest BCUT2D eigenvalue weighted by atomic mass is 32.1. The topological polar surface area (TPSA) is 55.2 Å². The van der Waals surface area contributed by atoms with Crippen molar-refractivity contribution in [1.29, 1.82) is 0 Å². The van der Waals surface area contributed by atoms with E-state index >= 15 is 0 Å². The largest absolute Gasteiger partial charge is 0.341 e. The van der Waals surface area contributed by atoms with Gasteiger partial charge in [0.05, 0.1) is 10.3 Å². The molecular weight excluding hydrogens is 279 g/mol. The Labute approximate surface area is 117 Å². The summed E-state index contributed by atoms with van der Waals surface area (Å²) in [6.45, 7) is 0.